The van der Waals surface area contributed by atoms with Gasteiger partial charge in [0.25, 0.3) is 0 Å². The number of aliphatic hydroxyl groups excluding tert-OH is 1. The molecule has 5 fully saturated rings. The van der Waals surface area contributed by atoms with Gasteiger partial charge in [0.15, 0.2) is 0 Å². The lowest BCUT2D eigenvalue weighted by atomic mass is 9.63. The Hall–Kier alpha value is -0.730. The third-order valence-electron chi connectivity index (χ3n) is 9.93. The maximum absolute atomic E-state index is 14.2. The Morgan fingerprint density at radius 1 is 1.06 bits per heavy atom. The Bertz CT molecular complexity index is 688. The molecule has 7 heteroatoms. The number of fused-ring (bicyclic) bond motifs is 5. The van der Waals surface area contributed by atoms with E-state index in [0.29, 0.717) is 29.7 Å². The molecule has 3 saturated heterocycles. The Labute approximate surface area is 193 Å². The summed E-state index contributed by atoms with van der Waals surface area (Å²) in [5.74, 6) is 1.63. The molecule has 0 aromatic carbocycles. The summed E-state index contributed by atoms with van der Waals surface area (Å²) in [5, 5.41) is 15.0. The highest BCUT2D eigenvalue weighted by atomic mass is 16.5. The molecule has 5 rings (SSSR count). The van der Waals surface area contributed by atoms with Crippen LogP contribution in [0.4, 0.5) is 0 Å². The van der Waals surface area contributed by atoms with E-state index in [2.05, 4.69) is 29.0 Å². The smallest absolute Gasteiger partial charge is 0.229 e. The van der Waals surface area contributed by atoms with Crippen LogP contribution in [0.2, 0.25) is 0 Å². The Morgan fingerprint density at radius 3 is 2.53 bits per heavy atom. The monoisotopic (exact) mass is 449 g/mol. The fraction of sp³-hybridized carbons (Fsp3) is 0.960. The van der Waals surface area contributed by atoms with Gasteiger partial charge in [-0.05, 0) is 69.5 Å². The van der Waals surface area contributed by atoms with Crippen LogP contribution < -0.4 is 5.32 Å². The average molecular weight is 450 g/mol. The molecule has 0 aromatic heterocycles. The maximum atomic E-state index is 14.2. The lowest BCUT2D eigenvalue weighted by Crippen LogP contribution is -2.70. The largest absolute Gasteiger partial charge is 0.393 e. The van der Waals surface area contributed by atoms with Crippen molar-refractivity contribution in [3.8, 4) is 0 Å². The first-order valence-electron chi connectivity index (χ1n) is 13.1. The normalized spacial score (nSPS) is 47.9. The summed E-state index contributed by atoms with van der Waals surface area (Å²) in [7, 11) is 3.48. The van der Waals surface area contributed by atoms with E-state index in [-0.39, 0.29) is 42.2 Å². The minimum Gasteiger partial charge on any atom is -0.393 e. The van der Waals surface area contributed by atoms with Gasteiger partial charge in [0.2, 0.25) is 5.91 Å². The van der Waals surface area contributed by atoms with E-state index < -0.39 is 0 Å². The highest BCUT2D eigenvalue weighted by Crippen LogP contribution is 2.55. The molecule has 5 aliphatic rings. The van der Waals surface area contributed by atoms with Gasteiger partial charge in [-0.25, -0.2) is 0 Å². The Kier molecular flexibility index (Phi) is 6.58. The van der Waals surface area contributed by atoms with E-state index in [1.807, 2.05) is 0 Å². The number of carbonyl (C=O) groups excluding carboxylic acids is 1. The Balaban J connectivity index is 1.50. The lowest BCUT2D eigenvalue weighted by Gasteiger charge is -2.55. The quantitative estimate of drug-likeness (QED) is 0.638. The molecule has 11 atom stereocenters. The van der Waals surface area contributed by atoms with Crippen molar-refractivity contribution in [1.29, 1.82) is 0 Å². The first-order valence-corrected chi connectivity index (χ1v) is 13.1. The minimum atomic E-state index is -0.256. The highest BCUT2D eigenvalue weighted by Gasteiger charge is 2.65. The Morgan fingerprint density at radius 2 is 1.84 bits per heavy atom. The number of amides is 1. The molecule has 0 radical (unpaired) electrons. The van der Waals surface area contributed by atoms with Crippen LogP contribution >= 0.6 is 0 Å². The van der Waals surface area contributed by atoms with E-state index in [1.54, 1.807) is 14.2 Å². The predicted octanol–water partition coefficient (Wildman–Crippen LogP) is 1.34. The molecule has 32 heavy (non-hydrogen) atoms. The molecule has 182 valence electrons. The zero-order valence-electron chi connectivity index (χ0n) is 20.3. The van der Waals surface area contributed by atoms with Gasteiger partial charge in [0, 0.05) is 38.8 Å². The summed E-state index contributed by atoms with van der Waals surface area (Å²) in [6, 6.07) is 0.864. The summed E-state index contributed by atoms with van der Waals surface area (Å²) in [6.07, 6.45) is 4.37. The van der Waals surface area contributed by atoms with Gasteiger partial charge < -0.3 is 29.7 Å². The number of methoxy groups -OCH3 is 2. The SMILES string of the molecule is CCN(CC)CC1C(O)CCC2C1C1CCNC3C4CCC(OC)C(OC)C4C(=O)N2C13. The van der Waals surface area contributed by atoms with Crippen molar-refractivity contribution < 1.29 is 19.4 Å². The highest BCUT2D eigenvalue weighted by molar-refractivity contribution is 5.83. The molecule has 2 saturated carbocycles. The van der Waals surface area contributed by atoms with E-state index in [1.165, 1.54) is 0 Å². The van der Waals surface area contributed by atoms with Crippen molar-refractivity contribution >= 4 is 5.91 Å². The number of ether oxygens (including phenoxy) is 2. The van der Waals surface area contributed by atoms with Crippen LogP contribution in [-0.4, -0.2) is 97.6 Å². The summed E-state index contributed by atoms with van der Waals surface area (Å²) in [4.78, 5) is 18.9. The minimum absolute atomic E-state index is 0.0110. The van der Waals surface area contributed by atoms with Gasteiger partial charge in [-0.1, -0.05) is 13.8 Å². The molecule has 2 N–H and O–H groups in total. The number of hydrogen-bond donors (Lipinski definition) is 2. The van der Waals surface area contributed by atoms with E-state index in [9.17, 15) is 9.90 Å². The van der Waals surface area contributed by atoms with Gasteiger partial charge in [0.1, 0.15) is 0 Å². The van der Waals surface area contributed by atoms with Gasteiger partial charge in [-0.3, -0.25) is 4.79 Å². The topological polar surface area (TPSA) is 74.3 Å². The van der Waals surface area contributed by atoms with Gasteiger partial charge in [0.05, 0.1) is 30.3 Å². The zero-order valence-corrected chi connectivity index (χ0v) is 20.3. The molecule has 1 amide bonds. The molecule has 0 aromatic rings. The maximum Gasteiger partial charge on any atom is 0.229 e. The van der Waals surface area contributed by atoms with Crippen molar-refractivity contribution in [2.75, 3.05) is 40.4 Å². The van der Waals surface area contributed by atoms with Crippen molar-refractivity contribution in [1.82, 2.24) is 15.1 Å². The summed E-state index contributed by atoms with van der Waals surface area (Å²) < 4.78 is 11.7. The first-order chi connectivity index (χ1) is 15.5. The van der Waals surface area contributed by atoms with Gasteiger partial charge in [-0.2, -0.15) is 0 Å². The van der Waals surface area contributed by atoms with Crippen molar-refractivity contribution in [3.05, 3.63) is 0 Å². The number of piperidine rings is 2. The number of aliphatic hydroxyl groups is 1. The van der Waals surface area contributed by atoms with Crippen molar-refractivity contribution in [3.63, 3.8) is 0 Å². The second kappa shape index (κ2) is 9.14. The van der Waals surface area contributed by atoms with Crippen LogP contribution in [0, 0.1) is 29.6 Å². The molecular formula is C25H43N3O4. The third-order valence-corrected chi connectivity index (χ3v) is 9.93. The molecule has 0 bridgehead atoms. The van der Waals surface area contributed by atoms with Crippen LogP contribution in [-0.2, 0) is 14.3 Å². The molecule has 11 unspecified atom stereocenters. The fourth-order valence-corrected chi connectivity index (χ4v) is 8.58. The lowest BCUT2D eigenvalue weighted by molar-refractivity contribution is -0.175. The molecule has 3 aliphatic heterocycles. The number of hydrogen-bond acceptors (Lipinski definition) is 6. The number of rotatable bonds is 6. The molecule has 2 aliphatic carbocycles. The second-order valence-electron chi connectivity index (χ2n) is 10.8. The summed E-state index contributed by atoms with van der Waals surface area (Å²) in [6.45, 7) is 8.39. The van der Waals surface area contributed by atoms with Crippen LogP contribution in [0.15, 0.2) is 0 Å². The van der Waals surface area contributed by atoms with Crippen LogP contribution in [0.25, 0.3) is 0 Å². The van der Waals surface area contributed by atoms with Gasteiger partial charge >= 0.3 is 0 Å². The van der Waals surface area contributed by atoms with E-state index in [4.69, 9.17) is 9.47 Å². The standard InChI is InChI=1S/C25H43N3O4/c1-5-27(6-2)13-16-18(29)9-8-17-20(16)15-11-12-26-22-14-7-10-19(31-3)24(32-4)21(14)25(30)28(17)23(15)22/h14-24,26,29H,5-13H2,1-4H3. The second-order valence-corrected chi connectivity index (χ2v) is 10.8. The number of carbonyl (C=O) groups is 1. The summed E-state index contributed by atoms with van der Waals surface area (Å²) in [5.41, 5.74) is 0. The van der Waals surface area contributed by atoms with Crippen LogP contribution in [0.5, 0.6) is 0 Å². The zero-order chi connectivity index (χ0) is 22.6. The molecule has 0 spiro atoms. The summed E-state index contributed by atoms with van der Waals surface area (Å²) >= 11 is 0. The van der Waals surface area contributed by atoms with Gasteiger partial charge in [-0.15, -0.1) is 0 Å². The number of nitrogens with zero attached hydrogens (tertiary/aromatic N) is 2. The van der Waals surface area contributed by atoms with E-state index >= 15 is 0 Å². The van der Waals surface area contributed by atoms with Crippen molar-refractivity contribution in [2.45, 2.75) is 82.4 Å². The van der Waals surface area contributed by atoms with E-state index in [0.717, 1.165) is 58.3 Å². The predicted molar refractivity (Wildman–Crippen MR) is 122 cm³/mol. The third kappa shape index (κ3) is 3.37. The van der Waals surface area contributed by atoms with Crippen LogP contribution in [0.3, 0.4) is 0 Å². The molecular weight excluding hydrogens is 406 g/mol. The fourth-order valence-electron chi connectivity index (χ4n) is 8.58. The van der Waals surface area contributed by atoms with Crippen LogP contribution in [0.1, 0.15) is 46.0 Å². The number of nitrogens with one attached hydrogen (secondary N) is 1. The first kappa shape index (κ1) is 23.0. The molecule has 7 nitrogen and oxygen atoms in total. The van der Waals surface area contributed by atoms with Crippen molar-refractivity contribution in [2.24, 2.45) is 29.6 Å². The molecule has 3 heterocycles. The average Bonchev–Trinajstić information content (AvgIpc) is 3.16.